The van der Waals surface area contributed by atoms with Gasteiger partial charge in [-0.25, -0.2) is 8.42 Å². The van der Waals surface area contributed by atoms with Gasteiger partial charge >= 0.3 is 5.97 Å². The number of benzene rings is 2. The van der Waals surface area contributed by atoms with Gasteiger partial charge in [-0.15, -0.1) is 0 Å². The molecule has 1 saturated heterocycles. The van der Waals surface area contributed by atoms with Crippen LogP contribution in [0.15, 0.2) is 48.5 Å². The van der Waals surface area contributed by atoms with Crippen LogP contribution in [0.5, 0.6) is 0 Å². The summed E-state index contributed by atoms with van der Waals surface area (Å²) in [6.07, 6.45) is -2.28. The van der Waals surface area contributed by atoms with Crippen molar-refractivity contribution in [3.05, 3.63) is 69.7 Å². The number of carboxylic acids is 1. The molecule has 0 aromatic heterocycles. The van der Waals surface area contributed by atoms with Gasteiger partial charge in [0.25, 0.3) is 5.91 Å². The molecule has 0 bridgehead atoms. The van der Waals surface area contributed by atoms with Gasteiger partial charge in [0.05, 0.1) is 23.5 Å². The van der Waals surface area contributed by atoms with Crippen molar-refractivity contribution in [2.75, 3.05) is 5.75 Å². The van der Waals surface area contributed by atoms with E-state index in [4.69, 9.17) is 27.9 Å². The zero-order valence-corrected chi connectivity index (χ0v) is 23.6. The van der Waals surface area contributed by atoms with E-state index in [1.165, 1.54) is 4.90 Å². The number of hydrogen-bond donors (Lipinski definition) is 1. The number of rotatable bonds is 10. The summed E-state index contributed by atoms with van der Waals surface area (Å²) in [6, 6.07) is 12.4. The van der Waals surface area contributed by atoms with Crippen LogP contribution in [-0.4, -0.2) is 53.4 Å². The predicted molar refractivity (Wildman–Crippen MR) is 145 cm³/mol. The zero-order valence-electron chi connectivity index (χ0n) is 21.3. The number of carbonyl (C=O) groups excluding carboxylic acids is 1. The molecule has 37 heavy (non-hydrogen) atoms. The maximum atomic E-state index is 13.8. The van der Waals surface area contributed by atoms with Crippen molar-refractivity contribution in [1.82, 2.24) is 4.90 Å². The van der Waals surface area contributed by atoms with Crippen molar-refractivity contribution in [2.24, 2.45) is 5.92 Å². The number of hydrogen-bond acceptors (Lipinski definition) is 5. The first-order chi connectivity index (χ1) is 17.4. The summed E-state index contributed by atoms with van der Waals surface area (Å²) in [6.45, 7) is 7.18. The van der Waals surface area contributed by atoms with Crippen LogP contribution in [0.1, 0.15) is 63.8 Å². The minimum Gasteiger partial charge on any atom is -0.481 e. The zero-order chi connectivity index (χ0) is 27.5. The van der Waals surface area contributed by atoms with Gasteiger partial charge < -0.3 is 14.7 Å². The highest BCUT2D eigenvalue weighted by molar-refractivity contribution is 7.92. The number of nitrogens with zero attached hydrogens (tertiary/aromatic N) is 1. The number of aliphatic carboxylic acids is 1. The second kappa shape index (κ2) is 12.2. The summed E-state index contributed by atoms with van der Waals surface area (Å²) in [4.78, 5) is 27.0. The third-order valence-electron chi connectivity index (χ3n) is 6.97. The number of halogens is 2. The van der Waals surface area contributed by atoms with Crippen molar-refractivity contribution < 1.29 is 27.9 Å². The molecule has 2 aromatic carbocycles. The molecule has 1 heterocycles. The van der Waals surface area contributed by atoms with Crippen LogP contribution in [0.25, 0.3) is 0 Å². The SMILES string of the molecule is CC[C@@H](CS(=O)(=O)[C@@H](C)C(C)C)N1C(=O)[C@H](CC(=O)O)O[C@H](c2cccc(Cl)c2)[C@H]1c1ccc(Cl)cc1. The molecule has 0 unspecified atom stereocenters. The molecule has 5 atom stereocenters. The Kier molecular flexibility index (Phi) is 9.67. The fraction of sp³-hybridized carbons (Fsp3) is 0.481. The van der Waals surface area contributed by atoms with Gasteiger partial charge in [-0.3, -0.25) is 9.59 Å². The van der Waals surface area contributed by atoms with Gasteiger partial charge in [-0.1, -0.05) is 68.2 Å². The molecule has 10 heteroatoms. The lowest BCUT2D eigenvalue weighted by molar-refractivity contribution is -0.182. The molecule has 2 aromatic rings. The van der Waals surface area contributed by atoms with E-state index in [1.807, 2.05) is 20.8 Å². The van der Waals surface area contributed by atoms with Gasteiger partial charge in [-0.05, 0) is 54.7 Å². The summed E-state index contributed by atoms with van der Waals surface area (Å²) in [7, 11) is -3.58. The maximum Gasteiger partial charge on any atom is 0.306 e. The third-order valence-corrected chi connectivity index (χ3v) is 9.98. The molecule has 0 saturated carbocycles. The lowest BCUT2D eigenvalue weighted by atomic mass is 9.89. The van der Waals surface area contributed by atoms with Crippen molar-refractivity contribution in [3.8, 4) is 0 Å². The van der Waals surface area contributed by atoms with Gasteiger partial charge in [0.15, 0.2) is 9.84 Å². The van der Waals surface area contributed by atoms with E-state index in [0.29, 0.717) is 27.6 Å². The first-order valence-corrected chi connectivity index (χ1v) is 14.7. The molecule has 1 aliphatic rings. The summed E-state index contributed by atoms with van der Waals surface area (Å²) in [5, 5.41) is 9.87. The second-order valence-electron chi connectivity index (χ2n) is 9.78. The van der Waals surface area contributed by atoms with Crippen LogP contribution in [0.4, 0.5) is 0 Å². The lowest BCUT2D eigenvalue weighted by Gasteiger charge is -2.48. The monoisotopic (exact) mass is 569 g/mol. The molecule has 1 amide bonds. The van der Waals surface area contributed by atoms with Crippen molar-refractivity contribution in [2.45, 2.75) is 70.1 Å². The quantitative estimate of drug-likeness (QED) is 0.393. The Morgan fingerprint density at radius 3 is 2.24 bits per heavy atom. The van der Waals surface area contributed by atoms with Crippen molar-refractivity contribution in [1.29, 1.82) is 0 Å². The summed E-state index contributed by atoms with van der Waals surface area (Å²) >= 11 is 12.4. The van der Waals surface area contributed by atoms with Gasteiger partial charge in [0.1, 0.15) is 12.2 Å². The van der Waals surface area contributed by atoms with E-state index in [2.05, 4.69) is 0 Å². The largest absolute Gasteiger partial charge is 0.481 e. The summed E-state index contributed by atoms with van der Waals surface area (Å²) in [5.74, 6) is -2.10. The molecular weight excluding hydrogens is 537 g/mol. The smallest absolute Gasteiger partial charge is 0.306 e. The van der Waals surface area contributed by atoms with Crippen LogP contribution < -0.4 is 0 Å². The third kappa shape index (κ3) is 6.85. The number of carboxylic acid groups (broad SMARTS) is 1. The standard InChI is InChI=1S/C27H33Cl2NO6S/c1-5-22(15-37(34,35)17(4)16(2)3)30-25(18-9-11-20(28)12-10-18)26(19-7-6-8-21(29)13-19)36-23(27(30)33)14-24(31)32/h6-13,16-17,22-23,25-26H,5,14-15H2,1-4H3,(H,31,32)/t17-,22-,23-,25+,26+/m0/s1. The molecule has 0 radical (unpaired) electrons. The summed E-state index contributed by atoms with van der Waals surface area (Å²) < 4.78 is 32.8. The number of carbonyl (C=O) groups is 2. The average molecular weight is 571 g/mol. The minimum absolute atomic E-state index is 0.103. The van der Waals surface area contributed by atoms with Crippen LogP contribution in [0, 0.1) is 5.92 Å². The predicted octanol–water partition coefficient (Wildman–Crippen LogP) is 5.72. The fourth-order valence-electron chi connectivity index (χ4n) is 4.63. The average Bonchev–Trinajstić information content (AvgIpc) is 2.83. The van der Waals surface area contributed by atoms with E-state index in [0.717, 1.165) is 0 Å². The maximum absolute atomic E-state index is 13.8. The van der Waals surface area contributed by atoms with E-state index < -0.39 is 57.7 Å². The molecular formula is C27H33Cl2NO6S. The van der Waals surface area contributed by atoms with Crippen LogP contribution in [-0.2, 0) is 24.2 Å². The number of morpholine rings is 1. The highest BCUT2D eigenvalue weighted by atomic mass is 35.5. The molecule has 1 N–H and O–H groups in total. The fourth-order valence-corrected chi connectivity index (χ4v) is 7.02. The Bertz CT molecular complexity index is 1220. The Morgan fingerprint density at radius 2 is 1.70 bits per heavy atom. The Labute approximate surface area is 228 Å². The minimum atomic E-state index is -3.58. The molecule has 1 fully saturated rings. The van der Waals surface area contributed by atoms with Crippen LogP contribution >= 0.6 is 23.2 Å². The molecule has 7 nitrogen and oxygen atoms in total. The van der Waals surface area contributed by atoms with E-state index >= 15 is 0 Å². The van der Waals surface area contributed by atoms with E-state index in [-0.39, 0.29) is 11.7 Å². The topological polar surface area (TPSA) is 101 Å². The lowest BCUT2D eigenvalue weighted by Crippen LogP contribution is -2.57. The number of amides is 1. The number of sulfone groups is 1. The first-order valence-electron chi connectivity index (χ1n) is 12.3. The molecule has 1 aliphatic heterocycles. The molecule has 3 rings (SSSR count). The highest BCUT2D eigenvalue weighted by Crippen LogP contribution is 2.45. The Balaban J connectivity index is 2.19. The number of ether oxygens (including phenoxy) is 1. The second-order valence-corrected chi connectivity index (χ2v) is 13.1. The van der Waals surface area contributed by atoms with Gasteiger partial charge in [-0.2, -0.15) is 0 Å². The Morgan fingerprint density at radius 1 is 1.05 bits per heavy atom. The first kappa shape index (κ1) is 29.4. The van der Waals surface area contributed by atoms with Crippen molar-refractivity contribution >= 4 is 44.9 Å². The van der Waals surface area contributed by atoms with E-state index in [9.17, 15) is 23.1 Å². The van der Waals surface area contributed by atoms with Crippen LogP contribution in [0.3, 0.4) is 0 Å². The van der Waals surface area contributed by atoms with Gasteiger partial charge in [0.2, 0.25) is 0 Å². The van der Waals surface area contributed by atoms with Crippen LogP contribution in [0.2, 0.25) is 10.0 Å². The normalized spacial score (nSPS) is 22.2. The van der Waals surface area contributed by atoms with Gasteiger partial charge in [0, 0.05) is 16.1 Å². The molecule has 0 spiro atoms. The Hall–Kier alpha value is -2.13. The van der Waals surface area contributed by atoms with E-state index in [1.54, 1.807) is 55.5 Å². The summed E-state index contributed by atoms with van der Waals surface area (Å²) in [5.41, 5.74) is 1.33. The highest BCUT2D eigenvalue weighted by Gasteiger charge is 2.48. The molecule has 202 valence electrons. The molecule has 0 aliphatic carbocycles. The van der Waals surface area contributed by atoms with Crippen molar-refractivity contribution in [3.63, 3.8) is 0 Å².